The van der Waals surface area contributed by atoms with E-state index in [1.165, 1.54) is 19.2 Å². The van der Waals surface area contributed by atoms with Crippen LogP contribution in [0.2, 0.25) is 0 Å². The van der Waals surface area contributed by atoms with E-state index in [-0.39, 0.29) is 4.90 Å². The van der Waals surface area contributed by atoms with E-state index in [4.69, 9.17) is 0 Å². The van der Waals surface area contributed by atoms with Crippen LogP contribution in [-0.2, 0) is 14.8 Å². The number of hydrogen-bond acceptors (Lipinski definition) is 3. The van der Waals surface area contributed by atoms with Crippen LogP contribution >= 0.6 is 0 Å². The highest BCUT2D eigenvalue weighted by molar-refractivity contribution is 7.89. The second kappa shape index (κ2) is 5.18. The van der Waals surface area contributed by atoms with E-state index in [1.807, 2.05) is 6.92 Å². The third-order valence-electron chi connectivity index (χ3n) is 4.11. The van der Waals surface area contributed by atoms with Gasteiger partial charge in [-0.3, -0.25) is 4.79 Å². The maximum absolute atomic E-state index is 12.6. The molecule has 0 aromatic heterocycles. The number of benzene rings is 1. The van der Waals surface area contributed by atoms with Gasteiger partial charge in [-0.1, -0.05) is 30.5 Å². The molecule has 0 aliphatic heterocycles. The Labute approximate surface area is 119 Å². The molecule has 0 radical (unpaired) electrons. The Bertz CT molecular complexity index is 601. The molecule has 0 bridgehead atoms. The summed E-state index contributed by atoms with van der Waals surface area (Å²) in [6.45, 7) is 1.87. The van der Waals surface area contributed by atoms with Crippen molar-refractivity contribution in [2.45, 2.75) is 43.0 Å². The minimum Gasteiger partial charge on any atom is -0.480 e. The first-order chi connectivity index (χ1) is 9.30. The minimum atomic E-state index is -3.79. The summed E-state index contributed by atoms with van der Waals surface area (Å²) < 4.78 is 26.2. The Kier molecular flexibility index (Phi) is 3.88. The number of rotatable bonds is 4. The van der Waals surface area contributed by atoms with Gasteiger partial charge in [0.25, 0.3) is 0 Å². The molecule has 0 atom stereocenters. The standard InChI is InChI=1S/C14H19NO4S/c1-11-5-7-12(8-6-11)20(18,19)15(2)14(13(16)17)9-3-4-10-14/h5-8H,3-4,9-10H2,1-2H3,(H,16,17). The van der Waals surface area contributed by atoms with Crippen molar-refractivity contribution in [2.24, 2.45) is 0 Å². The first kappa shape index (κ1) is 15.0. The van der Waals surface area contributed by atoms with Crippen LogP contribution in [0.3, 0.4) is 0 Å². The number of carbonyl (C=O) groups is 1. The molecule has 0 heterocycles. The van der Waals surface area contributed by atoms with Crippen LogP contribution in [0.15, 0.2) is 29.2 Å². The Balaban J connectivity index is 2.43. The van der Waals surface area contributed by atoms with Crippen molar-refractivity contribution in [1.29, 1.82) is 0 Å². The van der Waals surface area contributed by atoms with E-state index < -0.39 is 21.5 Å². The van der Waals surface area contributed by atoms with Crippen LogP contribution in [0.25, 0.3) is 0 Å². The molecule has 0 saturated heterocycles. The van der Waals surface area contributed by atoms with Crippen LogP contribution in [0, 0.1) is 6.92 Å². The highest BCUT2D eigenvalue weighted by Gasteiger charge is 2.49. The fourth-order valence-corrected chi connectivity index (χ4v) is 4.24. The van der Waals surface area contributed by atoms with Gasteiger partial charge >= 0.3 is 5.97 Å². The van der Waals surface area contributed by atoms with E-state index in [1.54, 1.807) is 12.1 Å². The number of nitrogens with zero attached hydrogens (tertiary/aromatic N) is 1. The minimum absolute atomic E-state index is 0.137. The van der Waals surface area contributed by atoms with Gasteiger partial charge in [-0.15, -0.1) is 0 Å². The van der Waals surface area contributed by atoms with Crippen molar-refractivity contribution in [1.82, 2.24) is 4.31 Å². The van der Waals surface area contributed by atoms with Gasteiger partial charge in [-0.2, -0.15) is 4.31 Å². The number of hydrogen-bond donors (Lipinski definition) is 1. The van der Waals surface area contributed by atoms with Crippen LogP contribution < -0.4 is 0 Å². The van der Waals surface area contributed by atoms with Crippen LogP contribution in [0.1, 0.15) is 31.2 Å². The van der Waals surface area contributed by atoms with E-state index in [0.29, 0.717) is 12.8 Å². The first-order valence-electron chi connectivity index (χ1n) is 6.60. The van der Waals surface area contributed by atoms with E-state index >= 15 is 0 Å². The number of sulfonamides is 1. The molecule has 1 N–H and O–H groups in total. The van der Waals surface area contributed by atoms with Gasteiger partial charge in [0, 0.05) is 7.05 Å². The maximum Gasteiger partial charge on any atom is 0.325 e. The average Bonchev–Trinajstić information content (AvgIpc) is 2.89. The highest BCUT2D eigenvalue weighted by Crippen LogP contribution is 2.37. The summed E-state index contributed by atoms with van der Waals surface area (Å²) in [5.74, 6) is -1.06. The summed E-state index contributed by atoms with van der Waals surface area (Å²) in [6.07, 6.45) is 2.20. The summed E-state index contributed by atoms with van der Waals surface area (Å²) in [5, 5.41) is 9.48. The van der Waals surface area contributed by atoms with Gasteiger partial charge in [0.15, 0.2) is 0 Å². The summed E-state index contributed by atoms with van der Waals surface area (Å²) in [4.78, 5) is 11.7. The van der Waals surface area contributed by atoms with Gasteiger partial charge in [0.05, 0.1) is 4.90 Å². The fraction of sp³-hybridized carbons (Fsp3) is 0.500. The normalized spacial score (nSPS) is 18.4. The summed E-state index contributed by atoms with van der Waals surface area (Å²) in [5.41, 5.74) is -0.343. The molecule has 20 heavy (non-hydrogen) atoms. The molecule has 1 fully saturated rings. The third kappa shape index (κ3) is 2.33. The maximum atomic E-state index is 12.6. The Morgan fingerprint density at radius 3 is 2.15 bits per heavy atom. The summed E-state index contributed by atoms with van der Waals surface area (Å²) in [7, 11) is -2.42. The van der Waals surface area contributed by atoms with Gasteiger partial charge in [-0.25, -0.2) is 8.42 Å². The molecule has 5 nitrogen and oxygen atoms in total. The predicted molar refractivity (Wildman–Crippen MR) is 75.0 cm³/mol. The lowest BCUT2D eigenvalue weighted by Crippen LogP contribution is -2.53. The fourth-order valence-electron chi connectivity index (χ4n) is 2.72. The molecule has 1 aliphatic rings. The molecule has 110 valence electrons. The summed E-state index contributed by atoms with van der Waals surface area (Å²) >= 11 is 0. The number of carboxylic acids is 1. The Hall–Kier alpha value is -1.40. The molecule has 1 aliphatic carbocycles. The molecule has 6 heteroatoms. The SMILES string of the molecule is Cc1ccc(S(=O)(=O)N(C)C2(C(=O)O)CCCC2)cc1. The smallest absolute Gasteiger partial charge is 0.325 e. The molecule has 1 aromatic carbocycles. The highest BCUT2D eigenvalue weighted by atomic mass is 32.2. The topological polar surface area (TPSA) is 74.7 Å². The molecular weight excluding hydrogens is 278 g/mol. The van der Waals surface area contributed by atoms with Crippen molar-refractivity contribution in [3.8, 4) is 0 Å². The van der Waals surface area contributed by atoms with Gasteiger partial charge in [-0.05, 0) is 31.9 Å². The zero-order valence-electron chi connectivity index (χ0n) is 11.7. The zero-order valence-corrected chi connectivity index (χ0v) is 12.5. The lowest BCUT2D eigenvalue weighted by molar-refractivity contribution is -0.147. The van der Waals surface area contributed by atoms with E-state index in [2.05, 4.69) is 0 Å². The van der Waals surface area contributed by atoms with E-state index in [9.17, 15) is 18.3 Å². The lowest BCUT2D eigenvalue weighted by Gasteiger charge is -2.33. The van der Waals surface area contributed by atoms with Crippen molar-refractivity contribution in [3.05, 3.63) is 29.8 Å². The zero-order chi connectivity index (χ0) is 15.0. The largest absolute Gasteiger partial charge is 0.480 e. The molecule has 0 amide bonds. The Morgan fingerprint density at radius 1 is 1.20 bits per heavy atom. The third-order valence-corrected chi connectivity index (χ3v) is 6.05. The molecule has 2 rings (SSSR count). The van der Waals surface area contributed by atoms with Crippen molar-refractivity contribution >= 4 is 16.0 Å². The second-order valence-electron chi connectivity index (χ2n) is 5.33. The number of carboxylic acid groups (broad SMARTS) is 1. The number of aliphatic carboxylic acids is 1. The molecule has 0 unspecified atom stereocenters. The van der Waals surface area contributed by atoms with Crippen LogP contribution in [-0.4, -0.2) is 36.4 Å². The second-order valence-corrected chi connectivity index (χ2v) is 7.30. The van der Waals surface area contributed by atoms with E-state index in [0.717, 1.165) is 22.7 Å². The van der Waals surface area contributed by atoms with Crippen molar-refractivity contribution in [2.75, 3.05) is 7.05 Å². The van der Waals surface area contributed by atoms with Gasteiger partial charge in [0.2, 0.25) is 10.0 Å². The van der Waals surface area contributed by atoms with Crippen LogP contribution in [0.5, 0.6) is 0 Å². The van der Waals surface area contributed by atoms with Crippen molar-refractivity contribution in [3.63, 3.8) is 0 Å². The average molecular weight is 297 g/mol. The van der Waals surface area contributed by atoms with Gasteiger partial charge in [0.1, 0.15) is 5.54 Å². The lowest BCUT2D eigenvalue weighted by atomic mass is 9.98. The monoisotopic (exact) mass is 297 g/mol. The first-order valence-corrected chi connectivity index (χ1v) is 8.04. The predicted octanol–water partition coefficient (Wildman–Crippen LogP) is 2.01. The number of likely N-dealkylation sites (N-methyl/N-ethyl adjacent to an activating group) is 1. The molecule has 1 saturated carbocycles. The Morgan fingerprint density at radius 2 is 1.70 bits per heavy atom. The molecule has 0 spiro atoms. The number of aryl methyl sites for hydroxylation is 1. The molecular formula is C14H19NO4S. The van der Waals surface area contributed by atoms with Crippen LogP contribution in [0.4, 0.5) is 0 Å². The molecule has 1 aromatic rings. The summed E-state index contributed by atoms with van der Waals surface area (Å²) in [6, 6.07) is 6.46. The van der Waals surface area contributed by atoms with Crippen molar-refractivity contribution < 1.29 is 18.3 Å². The quantitative estimate of drug-likeness (QED) is 0.922. The van der Waals surface area contributed by atoms with Gasteiger partial charge < -0.3 is 5.11 Å².